The Kier molecular flexibility index (Phi) is 18.6. The molecular formula is C28H52O4. The van der Waals surface area contributed by atoms with Crippen LogP contribution in [0, 0.1) is 11.8 Å². The van der Waals surface area contributed by atoms with Gasteiger partial charge in [-0.05, 0) is 25.7 Å². The second-order valence-corrected chi connectivity index (χ2v) is 9.78. The van der Waals surface area contributed by atoms with Gasteiger partial charge in [0.05, 0.1) is 25.0 Å². The zero-order valence-corrected chi connectivity index (χ0v) is 21.3. The maximum absolute atomic E-state index is 13.0. The molecule has 1 saturated carbocycles. The van der Waals surface area contributed by atoms with Crippen LogP contribution in [0.2, 0.25) is 0 Å². The molecule has 0 aliphatic heterocycles. The summed E-state index contributed by atoms with van der Waals surface area (Å²) < 4.78 is 11.3. The molecule has 2 unspecified atom stereocenters. The van der Waals surface area contributed by atoms with E-state index in [1.807, 2.05) is 0 Å². The van der Waals surface area contributed by atoms with Gasteiger partial charge < -0.3 is 9.47 Å². The molecule has 0 saturated heterocycles. The minimum absolute atomic E-state index is 0.166. The van der Waals surface area contributed by atoms with Crippen LogP contribution in [0.25, 0.3) is 0 Å². The van der Waals surface area contributed by atoms with Crippen LogP contribution in [0.3, 0.4) is 0 Å². The molecule has 0 N–H and O–H groups in total. The van der Waals surface area contributed by atoms with E-state index >= 15 is 0 Å². The van der Waals surface area contributed by atoms with E-state index in [1.54, 1.807) is 0 Å². The molecule has 1 aliphatic carbocycles. The first-order chi connectivity index (χ1) is 15.7. The van der Waals surface area contributed by atoms with Gasteiger partial charge in [0.25, 0.3) is 0 Å². The third-order valence-corrected chi connectivity index (χ3v) is 6.86. The van der Waals surface area contributed by atoms with Crippen molar-refractivity contribution in [1.82, 2.24) is 0 Å². The summed E-state index contributed by atoms with van der Waals surface area (Å²) in [6.07, 6.45) is 22.3. The molecule has 0 bridgehead atoms. The first kappa shape index (κ1) is 29.0. The molecule has 4 heteroatoms. The standard InChI is InChI=1S/C28H52O4/c1-3-5-7-9-15-19-23-31-27(29)25-21-17-13-11-12-14-18-22-26(25)28(30)32-24-20-16-10-8-6-4-2/h25-26H,3-24H2,1-2H3. The van der Waals surface area contributed by atoms with Crippen molar-refractivity contribution in [2.24, 2.45) is 11.8 Å². The first-order valence-corrected chi connectivity index (χ1v) is 14.0. The lowest BCUT2D eigenvalue weighted by atomic mass is 9.82. The van der Waals surface area contributed by atoms with E-state index in [0.29, 0.717) is 13.2 Å². The molecule has 0 spiro atoms. The van der Waals surface area contributed by atoms with Gasteiger partial charge in [0.15, 0.2) is 0 Å². The SMILES string of the molecule is CCCCCCCCOC(=O)C1CCCCCCCCC1C(=O)OCCCCCCCC. The highest BCUT2D eigenvalue weighted by Crippen LogP contribution is 2.29. The van der Waals surface area contributed by atoms with E-state index in [4.69, 9.17) is 9.47 Å². The summed E-state index contributed by atoms with van der Waals surface area (Å²) in [5.74, 6) is -0.989. The van der Waals surface area contributed by atoms with Crippen LogP contribution >= 0.6 is 0 Å². The number of hydrogen-bond donors (Lipinski definition) is 0. The minimum Gasteiger partial charge on any atom is -0.465 e. The van der Waals surface area contributed by atoms with E-state index in [-0.39, 0.29) is 23.8 Å². The number of esters is 2. The van der Waals surface area contributed by atoms with Crippen molar-refractivity contribution >= 4 is 11.9 Å². The average Bonchev–Trinajstić information content (AvgIpc) is 2.80. The molecule has 0 heterocycles. The van der Waals surface area contributed by atoms with Crippen molar-refractivity contribution in [3.63, 3.8) is 0 Å². The van der Waals surface area contributed by atoms with Crippen LogP contribution in [0.5, 0.6) is 0 Å². The summed E-state index contributed by atoms with van der Waals surface area (Å²) in [5.41, 5.74) is 0. The maximum atomic E-state index is 13.0. The van der Waals surface area contributed by atoms with Crippen LogP contribution in [-0.4, -0.2) is 25.2 Å². The average molecular weight is 453 g/mol. The predicted octanol–water partition coefficient (Wildman–Crippen LogP) is 8.16. The molecule has 0 aromatic carbocycles. The second kappa shape index (κ2) is 20.5. The molecule has 0 radical (unpaired) electrons. The number of rotatable bonds is 16. The summed E-state index contributed by atoms with van der Waals surface area (Å²) in [7, 11) is 0. The number of unbranched alkanes of at least 4 members (excludes halogenated alkanes) is 10. The van der Waals surface area contributed by atoms with Crippen molar-refractivity contribution < 1.29 is 19.1 Å². The fourth-order valence-corrected chi connectivity index (χ4v) is 4.73. The highest BCUT2D eigenvalue weighted by Gasteiger charge is 2.35. The van der Waals surface area contributed by atoms with Gasteiger partial charge in [-0.25, -0.2) is 0 Å². The third-order valence-electron chi connectivity index (χ3n) is 6.86. The lowest BCUT2D eigenvalue weighted by Crippen LogP contribution is -2.33. The minimum atomic E-state index is -0.328. The van der Waals surface area contributed by atoms with Crippen LogP contribution in [0.4, 0.5) is 0 Å². The van der Waals surface area contributed by atoms with E-state index in [2.05, 4.69) is 13.8 Å². The van der Waals surface area contributed by atoms with Gasteiger partial charge in [-0.3, -0.25) is 9.59 Å². The molecule has 1 rings (SSSR count). The molecule has 1 aliphatic rings. The molecule has 0 aromatic heterocycles. The van der Waals surface area contributed by atoms with Gasteiger partial charge in [0, 0.05) is 0 Å². The van der Waals surface area contributed by atoms with Gasteiger partial charge >= 0.3 is 11.9 Å². The Morgan fingerprint density at radius 2 is 0.875 bits per heavy atom. The van der Waals surface area contributed by atoms with E-state index in [0.717, 1.165) is 64.2 Å². The summed E-state index contributed by atoms with van der Waals surface area (Å²) in [6, 6.07) is 0. The normalized spacial score (nSPS) is 19.9. The van der Waals surface area contributed by atoms with Gasteiger partial charge in [-0.2, -0.15) is 0 Å². The quantitative estimate of drug-likeness (QED) is 0.175. The first-order valence-electron chi connectivity index (χ1n) is 14.0. The molecule has 2 atom stereocenters. The number of carbonyl (C=O) groups excluding carboxylic acids is 2. The Morgan fingerprint density at radius 1 is 0.531 bits per heavy atom. The topological polar surface area (TPSA) is 52.6 Å². The van der Waals surface area contributed by atoms with Crippen molar-refractivity contribution in [1.29, 1.82) is 0 Å². The zero-order valence-electron chi connectivity index (χ0n) is 21.3. The Hall–Kier alpha value is -1.06. The number of hydrogen-bond acceptors (Lipinski definition) is 4. The summed E-state index contributed by atoms with van der Waals surface area (Å²) in [6.45, 7) is 5.41. The predicted molar refractivity (Wildman–Crippen MR) is 133 cm³/mol. The molecule has 32 heavy (non-hydrogen) atoms. The lowest BCUT2D eigenvalue weighted by molar-refractivity contribution is -0.162. The Morgan fingerprint density at radius 3 is 1.28 bits per heavy atom. The molecular weight excluding hydrogens is 400 g/mol. The highest BCUT2D eigenvalue weighted by atomic mass is 16.5. The number of ether oxygens (including phenoxy) is 2. The largest absolute Gasteiger partial charge is 0.465 e. The summed E-state index contributed by atoms with van der Waals surface area (Å²) >= 11 is 0. The van der Waals surface area contributed by atoms with Gasteiger partial charge in [-0.1, -0.05) is 117 Å². The molecule has 1 fully saturated rings. The van der Waals surface area contributed by atoms with Crippen molar-refractivity contribution in [3.8, 4) is 0 Å². The van der Waals surface area contributed by atoms with Gasteiger partial charge in [0.1, 0.15) is 0 Å². The highest BCUT2D eigenvalue weighted by molar-refractivity contribution is 5.82. The molecule has 0 amide bonds. The smallest absolute Gasteiger partial charge is 0.309 e. The van der Waals surface area contributed by atoms with Gasteiger partial charge in [0.2, 0.25) is 0 Å². The van der Waals surface area contributed by atoms with Crippen molar-refractivity contribution in [2.75, 3.05) is 13.2 Å². The Labute approximate surface area is 198 Å². The second-order valence-electron chi connectivity index (χ2n) is 9.78. The summed E-state index contributed by atoms with van der Waals surface area (Å²) in [5, 5.41) is 0. The monoisotopic (exact) mass is 452 g/mol. The van der Waals surface area contributed by atoms with Crippen LogP contribution in [0.15, 0.2) is 0 Å². The van der Waals surface area contributed by atoms with Crippen molar-refractivity contribution in [3.05, 3.63) is 0 Å². The maximum Gasteiger partial charge on any atom is 0.309 e. The van der Waals surface area contributed by atoms with Crippen LogP contribution in [-0.2, 0) is 19.1 Å². The van der Waals surface area contributed by atoms with E-state index < -0.39 is 0 Å². The van der Waals surface area contributed by atoms with Crippen LogP contribution in [0.1, 0.15) is 142 Å². The van der Waals surface area contributed by atoms with Gasteiger partial charge in [-0.15, -0.1) is 0 Å². The van der Waals surface area contributed by atoms with Crippen molar-refractivity contribution in [2.45, 2.75) is 142 Å². The molecule has 0 aromatic rings. The summed E-state index contributed by atoms with van der Waals surface area (Å²) in [4.78, 5) is 25.9. The molecule has 4 nitrogen and oxygen atoms in total. The Balaban J connectivity index is 2.50. The fraction of sp³-hybridized carbons (Fsp3) is 0.929. The van der Waals surface area contributed by atoms with E-state index in [1.165, 1.54) is 64.2 Å². The third kappa shape index (κ3) is 14.2. The fourth-order valence-electron chi connectivity index (χ4n) is 4.73. The molecule has 188 valence electrons. The Bertz CT molecular complexity index is 420. The lowest BCUT2D eigenvalue weighted by Gasteiger charge is -2.25. The van der Waals surface area contributed by atoms with E-state index in [9.17, 15) is 9.59 Å². The zero-order chi connectivity index (χ0) is 23.3. The van der Waals surface area contributed by atoms with Crippen LogP contribution < -0.4 is 0 Å². The number of carbonyl (C=O) groups is 2.